The first-order chi connectivity index (χ1) is 14.4. The van der Waals surface area contributed by atoms with Crippen LogP contribution in [-0.4, -0.2) is 42.6 Å². The average Bonchev–Trinajstić information content (AvgIpc) is 3.37. The maximum absolute atomic E-state index is 13.0. The Labute approximate surface area is 180 Å². The van der Waals surface area contributed by atoms with Crippen LogP contribution in [0.1, 0.15) is 5.69 Å². The van der Waals surface area contributed by atoms with Crippen molar-refractivity contribution in [2.45, 2.75) is 11.4 Å². The van der Waals surface area contributed by atoms with Gasteiger partial charge in [0.05, 0.1) is 26.5 Å². The third kappa shape index (κ3) is 3.83. The number of aromatic nitrogens is 4. The van der Waals surface area contributed by atoms with Crippen LogP contribution >= 0.6 is 15.9 Å². The summed E-state index contributed by atoms with van der Waals surface area (Å²) in [5.41, 5.74) is 0.938. The van der Waals surface area contributed by atoms with Crippen LogP contribution in [-0.2, 0) is 16.6 Å². The molecule has 3 heterocycles. The zero-order valence-corrected chi connectivity index (χ0v) is 18.3. The maximum atomic E-state index is 13.0. The summed E-state index contributed by atoms with van der Waals surface area (Å²) in [5.74, 6) is 0.317. The fourth-order valence-electron chi connectivity index (χ4n) is 2.88. The summed E-state index contributed by atoms with van der Waals surface area (Å²) >= 11 is 3.29. The lowest BCUT2D eigenvalue weighted by Gasteiger charge is -2.11. The summed E-state index contributed by atoms with van der Waals surface area (Å²) in [6.45, 7) is 0.386. The number of sulfonamides is 1. The highest BCUT2D eigenvalue weighted by Crippen LogP contribution is 2.34. The van der Waals surface area contributed by atoms with Crippen LogP contribution in [0.25, 0.3) is 11.0 Å². The van der Waals surface area contributed by atoms with E-state index in [0.29, 0.717) is 27.7 Å². The third-order valence-corrected chi connectivity index (χ3v) is 6.07. The first-order valence-corrected chi connectivity index (χ1v) is 10.9. The molecule has 0 bridgehead atoms. The van der Waals surface area contributed by atoms with Crippen molar-refractivity contribution in [1.29, 1.82) is 0 Å². The second kappa shape index (κ2) is 7.95. The van der Waals surface area contributed by atoms with Crippen molar-refractivity contribution in [2.24, 2.45) is 0 Å². The third-order valence-electron chi connectivity index (χ3n) is 4.20. The predicted octanol–water partition coefficient (Wildman–Crippen LogP) is 3.05. The van der Waals surface area contributed by atoms with Crippen LogP contribution < -0.4 is 14.2 Å². The molecular weight excluding hydrogens is 478 g/mol. The molecule has 0 fully saturated rings. The number of nitrogens with one attached hydrogen (secondary N) is 1. The smallest absolute Gasteiger partial charge is 0.266 e. The van der Waals surface area contributed by atoms with Crippen LogP contribution in [0.4, 0.5) is 5.82 Å². The Kier molecular flexibility index (Phi) is 5.35. The molecule has 1 aromatic carbocycles. The molecule has 0 saturated carbocycles. The summed E-state index contributed by atoms with van der Waals surface area (Å²) in [6, 6.07) is 8.03. The van der Waals surface area contributed by atoms with Gasteiger partial charge in [0, 0.05) is 22.9 Å². The second-order valence-electron chi connectivity index (χ2n) is 6.13. The van der Waals surface area contributed by atoms with E-state index in [1.54, 1.807) is 41.3 Å². The van der Waals surface area contributed by atoms with Crippen molar-refractivity contribution in [3.63, 3.8) is 0 Å². The molecule has 0 radical (unpaired) electrons. The van der Waals surface area contributed by atoms with Gasteiger partial charge in [-0.1, -0.05) is 21.1 Å². The van der Waals surface area contributed by atoms with Crippen molar-refractivity contribution in [3.8, 4) is 11.6 Å². The molecule has 4 rings (SSSR count). The minimum Gasteiger partial charge on any atom is -0.495 e. The quantitative estimate of drug-likeness (QED) is 0.416. The Morgan fingerprint density at radius 2 is 2.07 bits per heavy atom. The van der Waals surface area contributed by atoms with Gasteiger partial charge in [0.25, 0.3) is 10.0 Å². The number of benzene rings is 1. The van der Waals surface area contributed by atoms with E-state index in [1.807, 2.05) is 0 Å². The first-order valence-electron chi connectivity index (χ1n) is 8.58. The highest BCUT2D eigenvalue weighted by atomic mass is 79.9. The van der Waals surface area contributed by atoms with E-state index < -0.39 is 10.0 Å². The zero-order valence-electron chi connectivity index (χ0n) is 15.9. The number of rotatable bonds is 7. The Hall–Kier alpha value is -3.12. The lowest BCUT2D eigenvalue weighted by atomic mass is 10.2. The number of anilines is 1. The highest BCUT2D eigenvalue weighted by molar-refractivity contribution is 9.10. The van der Waals surface area contributed by atoms with Gasteiger partial charge in [0.2, 0.25) is 5.88 Å². The molecule has 0 aliphatic heterocycles. The molecule has 12 heteroatoms. The van der Waals surface area contributed by atoms with Gasteiger partial charge in [0.15, 0.2) is 11.4 Å². The normalized spacial score (nSPS) is 11.6. The van der Waals surface area contributed by atoms with Gasteiger partial charge in [-0.2, -0.15) is 5.10 Å². The number of hydrogen-bond acceptors (Lipinski definition) is 8. The van der Waals surface area contributed by atoms with E-state index in [1.165, 1.54) is 20.3 Å². The molecule has 10 nitrogen and oxygen atoms in total. The first kappa shape index (κ1) is 20.2. The summed E-state index contributed by atoms with van der Waals surface area (Å²) < 4.78 is 46.6. The number of methoxy groups -OCH3 is 2. The van der Waals surface area contributed by atoms with E-state index in [9.17, 15) is 8.42 Å². The molecule has 0 unspecified atom stereocenters. The van der Waals surface area contributed by atoms with E-state index in [2.05, 4.69) is 35.9 Å². The van der Waals surface area contributed by atoms with E-state index in [0.717, 1.165) is 0 Å². The largest absolute Gasteiger partial charge is 0.495 e. The Balaban J connectivity index is 1.73. The monoisotopic (exact) mass is 493 g/mol. The summed E-state index contributed by atoms with van der Waals surface area (Å²) in [7, 11) is -1.20. The van der Waals surface area contributed by atoms with Crippen LogP contribution in [0.3, 0.4) is 0 Å². The number of pyridine rings is 1. The van der Waals surface area contributed by atoms with Crippen LogP contribution in [0.2, 0.25) is 0 Å². The van der Waals surface area contributed by atoms with Crippen molar-refractivity contribution >= 4 is 42.7 Å². The molecular formula is C18H16BrN5O5S. The number of fused-ring (bicyclic) bond motifs is 1. The standard InChI is InChI=1S/C18H16BrN5O5S/c1-27-13-8-11(19)4-5-15(13)30(25,26)23-17-16-14(29-22-17)9-12(21-18(16)28-2)10-24-7-3-6-20-24/h3-9H,10H2,1-2H3,(H,22,23). The summed E-state index contributed by atoms with van der Waals surface area (Å²) in [4.78, 5) is 4.38. The van der Waals surface area contributed by atoms with Crippen molar-refractivity contribution in [3.05, 3.63) is 52.9 Å². The van der Waals surface area contributed by atoms with Gasteiger partial charge < -0.3 is 14.0 Å². The Morgan fingerprint density at radius 3 is 2.77 bits per heavy atom. The van der Waals surface area contributed by atoms with E-state index >= 15 is 0 Å². The topological polar surface area (TPSA) is 121 Å². The zero-order chi connectivity index (χ0) is 21.3. The van der Waals surface area contributed by atoms with Crippen molar-refractivity contribution < 1.29 is 22.4 Å². The molecule has 0 aliphatic rings. The molecule has 0 atom stereocenters. The van der Waals surface area contributed by atoms with Crippen molar-refractivity contribution in [1.82, 2.24) is 19.9 Å². The summed E-state index contributed by atoms with van der Waals surface area (Å²) in [5, 5.41) is 8.31. The molecule has 30 heavy (non-hydrogen) atoms. The Bertz CT molecular complexity index is 1300. The molecule has 0 aliphatic carbocycles. The lowest BCUT2D eigenvalue weighted by molar-refractivity contribution is 0.400. The SMILES string of the molecule is COc1cc(Br)ccc1S(=O)(=O)Nc1noc2cc(Cn3cccn3)nc(OC)c12. The molecule has 0 saturated heterocycles. The molecule has 156 valence electrons. The fourth-order valence-corrected chi connectivity index (χ4v) is 4.38. The maximum Gasteiger partial charge on any atom is 0.266 e. The predicted molar refractivity (Wildman–Crippen MR) is 111 cm³/mol. The average molecular weight is 494 g/mol. The van der Waals surface area contributed by atoms with Crippen LogP contribution in [0.15, 0.2) is 56.6 Å². The van der Waals surface area contributed by atoms with Gasteiger partial charge in [0.1, 0.15) is 16.0 Å². The van der Waals surface area contributed by atoms with Crippen molar-refractivity contribution in [2.75, 3.05) is 18.9 Å². The fraction of sp³-hybridized carbons (Fsp3) is 0.167. The van der Waals surface area contributed by atoms with Gasteiger partial charge in [-0.25, -0.2) is 13.4 Å². The molecule has 3 aromatic heterocycles. The molecule has 0 amide bonds. The Morgan fingerprint density at radius 1 is 1.23 bits per heavy atom. The number of ether oxygens (including phenoxy) is 2. The van der Waals surface area contributed by atoms with Gasteiger partial charge in [-0.15, -0.1) is 0 Å². The van der Waals surface area contributed by atoms with Gasteiger partial charge in [-0.3, -0.25) is 9.40 Å². The number of halogens is 1. The highest BCUT2D eigenvalue weighted by Gasteiger charge is 2.25. The van der Waals surface area contributed by atoms with E-state index in [-0.39, 0.29) is 22.3 Å². The molecule has 1 N–H and O–H groups in total. The summed E-state index contributed by atoms with van der Waals surface area (Å²) in [6.07, 6.45) is 3.46. The molecule has 4 aromatic rings. The van der Waals surface area contributed by atoms with Gasteiger partial charge in [-0.05, 0) is 24.3 Å². The van der Waals surface area contributed by atoms with Crippen LogP contribution in [0, 0.1) is 0 Å². The van der Waals surface area contributed by atoms with E-state index in [4.69, 9.17) is 14.0 Å². The minimum absolute atomic E-state index is 0.0371. The minimum atomic E-state index is -4.03. The number of hydrogen-bond donors (Lipinski definition) is 1. The lowest BCUT2D eigenvalue weighted by Crippen LogP contribution is -2.14. The van der Waals surface area contributed by atoms with Gasteiger partial charge >= 0.3 is 0 Å². The number of nitrogens with zero attached hydrogens (tertiary/aromatic N) is 4. The van der Waals surface area contributed by atoms with Crippen LogP contribution in [0.5, 0.6) is 11.6 Å². The molecule has 0 spiro atoms. The second-order valence-corrected chi connectivity index (χ2v) is 8.70.